The molecule has 1 aromatic carbocycles. The Balaban J connectivity index is 1.86. The molecule has 0 spiro atoms. The highest BCUT2D eigenvalue weighted by Crippen LogP contribution is 2.25. The second-order valence-corrected chi connectivity index (χ2v) is 6.77. The summed E-state index contributed by atoms with van der Waals surface area (Å²) in [5, 5.41) is 10.4. The van der Waals surface area contributed by atoms with E-state index in [0.717, 1.165) is 53.9 Å². The highest BCUT2D eigenvalue weighted by atomic mass is 35.5. The van der Waals surface area contributed by atoms with Crippen molar-refractivity contribution < 1.29 is 0 Å². The monoisotopic (exact) mass is 342 g/mol. The van der Waals surface area contributed by atoms with Crippen LogP contribution in [-0.2, 0) is 19.5 Å². The molecule has 0 saturated carbocycles. The fraction of sp³-hybridized carbons (Fsp3) is 0.389. The van der Waals surface area contributed by atoms with Crippen molar-refractivity contribution in [1.82, 2.24) is 19.3 Å². The fourth-order valence-corrected chi connectivity index (χ4v) is 3.66. The van der Waals surface area contributed by atoms with Crippen molar-refractivity contribution >= 4 is 22.5 Å². The lowest BCUT2D eigenvalue weighted by atomic mass is 10.1. The molecule has 5 nitrogen and oxygen atoms in total. The van der Waals surface area contributed by atoms with E-state index in [-0.39, 0.29) is 5.56 Å². The lowest BCUT2D eigenvalue weighted by Gasteiger charge is -2.14. The first-order chi connectivity index (χ1) is 11.6. The predicted molar refractivity (Wildman–Crippen MR) is 94.6 cm³/mol. The Hall–Kier alpha value is -2.14. The Bertz CT molecular complexity index is 973. The number of nitrogens with zero attached hydrogens (tertiary/aromatic N) is 4. The number of hydrogen-bond acceptors (Lipinski definition) is 3. The number of pyridine rings is 1. The van der Waals surface area contributed by atoms with E-state index in [1.807, 2.05) is 25.1 Å². The standard InChI is InChI=1S/C18H19ClN4O/c1-12-14(19)8-6-13-7-9-17(24)23(18(12)13)11-16-21-20-15-5-3-2-4-10-22(15)16/h6-9H,2-5,10-11H2,1H3. The molecule has 0 aliphatic carbocycles. The maximum Gasteiger partial charge on any atom is 0.251 e. The predicted octanol–water partition coefficient (Wildman–Crippen LogP) is 3.33. The summed E-state index contributed by atoms with van der Waals surface area (Å²) in [6, 6.07) is 7.28. The number of aryl methyl sites for hydroxylation is 2. The molecule has 0 amide bonds. The summed E-state index contributed by atoms with van der Waals surface area (Å²) in [5.74, 6) is 1.88. The van der Waals surface area contributed by atoms with Gasteiger partial charge in [-0.05, 0) is 42.8 Å². The van der Waals surface area contributed by atoms with Gasteiger partial charge in [0.25, 0.3) is 5.56 Å². The number of fused-ring (bicyclic) bond motifs is 2. The Morgan fingerprint density at radius 1 is 1.12 bits per heavy atom. The number of halogens is 1. The number of rotatable bonds is 2. The zero-order valence-corrected chi connectivity index (χ0v) is 14.4. The number of hydrogen-bond donors (Lipinski definition) is 0. The van der Waals surface area contributed by atoms with Crippen LogP contribution in [0.5, 0.6) is 0 Å². The summed E-state index contributed by atoms with van der Waals surface area (Å²) in [6.45, 7) is 3.30. The van der Waals surface area contributed by atoms with Crippen LogP contribution in [0, 0.1) is 6.92 Å². The van der Waals surface area contributed by atoms with E-state index in [1.54, 1.807) is 10.6 Å². The molecule has 124 valence electrons. The molecule has 0 saturated heterocycles. The molecule has 6 heteroatoms. The molecular formula is C18H19ClN4O. The van der Waals surface area contributed by atoms with Crippen molar-refractivity contribution in [2.24, 2.45) is 0 Å². The van der Waals surface area contributed by atoms with Gasteiger partial charge in [-0.2, -0.15) is 0 Å². The Kier molecular flexibility index (Phi) is 3.88. The first-order valence-electron chi connectivity index (χ1n) is 8.35. The molecule has 0 N–H and O–H groups in total. The maximum absolute atomic E-state index is 12.5. The second kappa shape index (κ2) is 6.06. The minimum absolute atomic E-state index is 0.0427. The van der Waals surface area contributed by atoms with Gasteiger partial charge < -0.3 is 9.13 Å². The molecule has 0 atom stereocenters. The van der Waals surface area contributed by atoms with E-state index in [0.29, 0.717) is 11.6 Å². The first-order valence-corrected chi connectivity index (χ1v) is 8.72. The van der Waals surface area contributed by atoms with Crippen molar-refractivity contribution in [2.75, 3.05) is 0 Å². The molecule has 0 radical (unpaired) electrons. The topological polar surface area (TPSA) is 52.7 Å². The van der Waals surface area contributed by atoms with Crippen LogP contribution in [0.3, 0.4) is 0 Å². The van der Waals surface area contributed by atoms with Crippen molar-refractivity contribution in [3.8, 4) is 0 Å². The van der Waals surface area contributed by atoms with Crippen LogP contribution in [0.2, 0.25) is 5.02 Å². The summed E-state index contributed by atoms with van der Waals surface area (Å²) in [6.07, 6.45) is 4.46. The summed E-state index contributed by atoms with van der Waals surface area (Å²) in [5.41, 5.74) is 1.75. The van der Waals surface area contributed by atoms with Gasteiger partial charge in [-0.25, -0.2) is 0 Å². The molecule has 3 heterocycles. The van der Waals surface area contributed by atoms with Crippen LogP contribution in [-0.4, -0.2) is 19.3 Å². The van der Waals surface area contributed by atoms with Crippen LogP contribution in [0.15, 0.2) is 29.1 Å². The molecule has 4 rings (SSSR count). The van der Waals surface area contributed by atoms with E-state index in [2.05, 4.69) is 14.8 Å². The van der Waals surface area contributed by atoms with E-state index in [9.17, 15) is 4.79 Å². The quantitative estimate of drug-likeness (QED) is 0.717. The van der Waals surface area contributed by atoms with Gasteiger partial charge in [0.05, 0.1) is 12.1 Å². The minimum Gasteiger partial charge on any atom is -0.313 e. The average molecular weight is 343 g/mol. The fourth-order valence-electron chi connectivity index (χ4n) is 3.51. The van der Waals surface area contributed by atoms with E-state index < -0.39 is 0 Å². The number of benzene rings is 1. The van der Waals surface area contributed by atoms with E-state index >= 15 is 0 Å². The van der Waals surface area contributed by atoms with Crippen LogP contribution >= 0.6 is 11.6 Å². The van der Waals surface area contributed by atoms with Crippen LogP contribution in [0.4, 0.5) is 0 Å². The Morgan fingerprint density at radius 2 is 1.96 bits per heavy atom. The Morgan fingerprint density at radius 3 is 2.83 bits per heavy atom. The van der Waals surface area contributed by atoms with Crippen molar-refractivity contribution in [2.45, 2.75) is 45.7 Å². The van der Waals surface area contributed by atoms with Gasteiger partial charge in [-0.15, -0.1) is 10.2 Å². The van der Waals surface area contributed by atoms with Crippen LogP contribution in [0.1, 0.15) is 36.5 Å². The SMILES string of the molecule is Cc1c(Cl)ccc2ccc(=O)n(Cc3nnc4n3CCCCC4)c12. The smallest absolute Gasteiger partial charge is 0.251 e. The van der Waals surface area contributed by atoms with Crippen LogP contribution in [0.25, 0.3) is 10.9 Å². The van der Waals surface area contributed by atoms with Gasteiger partial charge in [0, 0.05) is 24.1 Å². The van der Waals surface area contributed by atoms with Gasteiger partial charge >= 0.3 is 0 Å². The van der Waals surface area contributed by atoms with Crippen molar-refractivity contribution in [1.29, 1.82) is 0 Å². The minimum atomic E-state index is -0.0427. The molecule has 24 heavy (non-hydrogen) atoms. The largest absolute Gasteiger partial charge is 0.313 e. The van der Waals surface area contributed by atoms with Gasteiger partial charge in [0.2, 0.25) is 0 Å². The van der Waals surface area contributed by atoms with E-state index in [1.165, 1.54) is 6.42 Å². The normalized spacial score (nSPS) is 14.6. The molecular weight excluding hydrogens is 324 g/mol. The average Bonchev–Trinajstić information content (AvgIpc) is 2.80. The highest BCUT2D eigenvalue weighted by Gasteiger charge is 2.17. The molecule has 0 bridgehead atoms. The van der Waals surface area contributed by atoms with Gasteiger partial charge in [0.15, 0.2) is 5.82 Å². The molecule has 0 fully saturated rings. The zero-order chi connectivity index (χ0) is 16.7. The first kappa shape index (κ1) is 15.4. The molecule has 2 aromatic heterocycles. The summed E-state index contributed by atoms with van der Waals surface area (Å²) < 4.78 is 3.94. The highest BCUT2D eigenvalue weighted by molar-refractivity contribution is 6.32. The third kappa shape index (κ3) is 2.53. The number of aromatic nitrogens is 4. The summed E-state index contributed by atoms with van der Waals surface area (Å²) in [4.78, 5) is 12.5. The molecule has 1 aliphatic heterocycles. The third-order valence-electron chi connectivity index (χ3n) is 4.82. The molecule has 3 aromatic rings. The van der Waals surface area contributed by atoms with Gasteiger partial charge in [0.1, 0.15) is 5.82 Å². The van der Waals surface area contributed by atoms with E-state index in [4.69, 9.17) is 11.6 Å². The van der Waals surface area contributed by atoms with Crippen molar-refractivity contribution in [3.05, 3.63) is 56.9 Å². The molecule has 1 aliphatic rings. The Labute approximate surface area is 144 Å². The third-order valence-corrected chi connectivity index (χ3v) is 5.23. The second-order valence-electron chi connectivity index (χ2n) is 6.36. The zero-order valence-electron chi connectivity index (χ0n) is 13.6. The molecule has 0 unspecified atom stereocenters. The van der Waals surface area contributed by atoms with Gasteiger partial charge in [-0.3, -0.25) is 4.79 Å². The van der Waals surface area contributed by atoms with Crippen LogP contribution < -0.4 is 5.56 Å². The summed E-state index contributed by atoms with van der Waals surface area (Å²) in [7, 11) is 0. The van der Waals surface area contributed by atoms with Crippen molar-refractivity contribution in [3.63, 3.8) is 0 Å². The maximum atomic E-state index is 12.5. The lowest BCUT2D eigenvalue weighted by molar-refractivity contribution is 0.588. The lowest BCUT2D eigenvalue weighted by Crippen LogP contribution is -2.23. The van der Waals surface area contributed by atoms with Gasteiger partial charge in [-0.1, -0.05) is 24.1 Å². The summed E-state index contributed by atoms with van der Waals surface area (Å²) >= 11 is 6.28.